The molecule has 0 saturated heterocycles. The lowest BCUT2D eigenvalue weighted by molar-refractivity contribution is 0.103. The van der Waals surface area contributed by atoms with Gasteiger partial charge in [-0.25, -0.2) is 4.99 Å². The van der Waals surface area contributed by atoms with Gasteiger partial charge in [0.05, 0.1) is 21.3 Å². The number of hydrogen-bond donors (Lipinski definition) is 0. The molecule has 5 nitrogen and oxygen atoms in total. The summed E-state index contributed by atoms with van der Waals surface area (Å²) in [4.78, 5) is 16.6. The first-order chi connectivity index (χ1) is 11.7. The molecule has 0 aliphatic rings. The van der Waals surface area contributed by atoms with Crippen LogP contribution in [-0.4, -0.2) is 39.6 Å². The summed E-state index contributed by atoms with van der Waals surface area (Å²) in [6.45, 7) is 0.442. The quantitative estimate of drug-likeness (QED) is 0.445. The fourth-order valence-corrected chi connectivity index (χ4v) is 2.26. The first kappa shape index (κ1) is 17.5. The van der Waals surface area contributed by atoms with E-state index in [0.717, 1.165) is 5.56 Å². The maximum atomic E-state index is 12.3. The van der Waals surface area contributed by atoms with Crippen molar-refractivity contribution in [3.8, 4) is 11.5 Å². The summed E-state index contributed by atoms with van der Waals surface area (Å²) in [6.07, 6.45) is 0.662. The van der Waals surface area contributed by atoms with Crippen LogP contribution in [0.4, 0.5) is 0 Å². The van der Waals surface area contributed by atoms with Crippen molar-refractivity contribution in [1.82, 2.24) is 0 Å². The minimum Gasteiger partial charge on any atom is -0.493 e. The predicted octanol–water partition coefficient (Wildman–Crippen LogP) is 3.17. The lowest BCUT2D eigenvalue weighted by Crippen LogP contribution is -2.17. The van der Waals surface area contributed by atoms with Gasteiger partial charge < -0.3 is 14.2 Å². The van der Waals surface area contributed by atoms with Gasteiger partial charge in [0.1, 0.15) is 0 Å². The number of nitrogens with zero attached hydrogens (tertiary/aromatic N) is 1. The number of rotatable bonds is 7. The third-order valence-electron chi connectivity index (χ3n) is 3.53. The number of ether oxygens (including phenoxy) is 3. The number of aliphatic imine (C=N–C) groups is 1. The number of carbonyl (C=O) groups excluding carboxylic acids is 1. The highest BCUT2D eigenvalue weighted by atomic mass is 16.5. The molecule has 0 N–H and O–H groups in total. The van der Waals surface area contributed by atoms with Crippen LogP contribution in [0.15, 0.2) is 53.5 Å². The average molecular weight is 327 g/mol. The first-order valence-corrected chi connectivity index (χ1v) is 7.58. The Balaban J connectivity index is 2.05. The summed E-state index contributed by atoms with van der Waals surface area (Å²) in [5.74, 6) is 1.25. The van der Waals surface area contributed by atoms with Crippen LogP contribution in [0.1, 0.15) is 15.9 Å². The molecule has 2 aromatic rings. The molecule has 126 valence electrons. The molecule has 24 heavy (non-hydrogen) atoms. The van der Waals surface area contributed by atoms with E-state index in [1.807, 2.05) is 36.4 Å². The molecule has 0 heterocycles. The SMILES string of the molecule is COC(=NCCc1ccc(OC)c(OC)c1)C(=O)c1ccccc1. The van der Waals surface area contributed by atoms with Gasteiger partial charge in [-0.15, -0.1) is 0 Å². The van der Waals surface area contributed by atoms with E-state index in [1.165, 1.54) is 7.11 Å². The summed E-state index contributed by atoms with van der Waals surface area (Å²) in [5.41, 5.74) is 1.60. The van der Waals surface area contributed by atoms with Gasteiger partial charge in [0.15, 0.2) is 11.5 Å². The van der Waals surface area contributed by atoms with Gasteiger partial charge in [0.2, 0.25) is 5.78 Å². The summed E-state index contributed by atoms with van der Waals surface area (Å²) in [5, 5.41) is 0. The molecule has 0 saturated carbocycles. The average Bonchev–Trinajstić information content (AvgIpc) is 2.65. The predicted molar refractivity (Wildman–Crippen MR) is 93.3 cm³/mol. The van der Waals surface area contributed by atoms with Gasteiger partial charge in [-0.1, -0.05) is 36.4 Å². The largest absolute Gasteiger partial charge is 0.493 e. The third kappa shape index (κ3) is 4.35. The summed E-state index contributed by atoms with van der Waals surface area (Å²) < 4.78 is 15.6. The second kappa shape index (κ2) is 8.72. The fourth-order valence-electron chi connectivity index (χ4n) is 2.26. The maximum Gasteiger partial charge on any atom is 0.258 e. The van der Waals surface area contributed by atoms with E-state index in [2.05, 4.69) is 4.99 Å². The van der Waals surface area contributed by atoms with Crippen LogP contribution < -0.4 is 9.47 Å². The summed E-state index contributed by atoms with van der Waals surface area (Å²) >= 11 is 0. The molecule has 0 aliphatic heterocycles. The molecule has 0 spiro atoms. The number of carbonyl (C=O) groups is 1. The zero-order chi connectivity index (χ0) is 17.4. The normalized spacial score (nSPS) is 11.0. The van der Waals surface area contributed by atoms with E-state index in [0.29, 0.717) is 30.0 Å². The number of Topliss-reactive ketones (excluding diaryl/α,β-unsaturated/α-hetero) is 1. The van der Waals surface area contributed by atoms with E-state index in [-0.39, 0.29) is 11.7 Å². The standard InChI is InChI=1S/C19H21NO4/c1-22-16-10-9-14(13-17(16)23-2)11-12-20-19(24-3)18(21)15-7-5-4-6-8-15/h4-10,13H,11-12H2,1-3H3. The molecule has 0 amide bonds. The highest BCUT2D eigenvalue weighted by Crippen LogP contribution is 2.27. The molecule has 2 rings (SSSR count). The van der Waals surface area contributed by atoms with E-state index >= 15 is 0 Å². The Kier molecular flexibility index (Phi) is 6.37. The number of ketones is 1. The lowest BCUT2D eigenvalue weighted by atomic mass is 10.1. The van der Waals surface area contributed by atoms with Crippen molar-refractivity contribution >= 4 is 11.7 Å². The van der Waals surface area contributed by atoms with Gasteiger partial charge in [-0.2, -0.15) is 0 Å². The molecule has 0 fully saturated rings. The monoisotopic (exact) mass is 327 g/mol. The molecule has 5 heteroatoms. The summed E-state index contributed by atoms with van der Waals surface area (Å²) in [7, 11) is 4.65. The first-order valence-electron chi connectivity index (χ1n) is 7.58. The summed E-state index contributed by atoms with van der Waals surface area (Å²) in [6, 6.07) is 14.7. The smallest absolute Gasteiger partial charge is 0.258 e. The fraction of sp³-hybridized carbons (Fsp3) is 0.263. The molecule has 0 atom stereocenters. The van der Waals surface area contributed by atoms with E-state index in [9.17, 15) is 4.79 Å². The Hall–Kier alpha value is -2.82. The van der Waals surface area contributed by atoms with Gasteiger partial charge in [-0.3, -0.25) is 4.79 Å². The highest BCUT2D eigenvalue weighted by molar-refractivity contribution is 6.42. The Bertz CT molecular complexity index is 711. The van der Waals surface area contributed by atoms with Gasteiger partial charge in [0, 0.05) is 12.1 Å². The van der Waals surface area contributed by atoms with Crippen molar-refractivity contribution in [2.45, 2.75) is 6.42 Å². The minimum absolute atomic E-state index is 0.113. The van der Waals surface area contributed by atoms with E-state index < -0.39 is 0 Å². The minimum atomic E-state index is -0.217. The molecule has 0 bridgehead atoms. The maximum absolute atomic E-state index is 12.3. The molecule has 0 aliphatic carbocycles. The Morgan fingerprint density at radius 1 is 0.958 bits per heavy atom. The van der Waals surface area contributed by atoms with Gasteiger partial charge in [-0.05, 0) is 24.1 Å². The van der Waals surface area contributed by atoms with Crippen LogP contribution in [0.5, 0.6) is 11.5 Å². The Morgan fingerprint density at radius 2 is 1.67 bits per heavy atom. The van der Waals surface area contributed by atoms with Crippen molar-refractivity contribution in [1.29, 1.82) is 0 Å². The zero-order valence-electron chi connectivity index (χ0n) is 14.1. The van der Waals surface area contributed by atoms with Gasteiger partial charge in [0.25, 0.3) is 5.90 Å². The lowest BCUT2D eigenvalue weighted by Gasteiger charge is -2.09. The van der Waals surface area contributed by atoms with Crippen molar-refractivity contribution < 1.29 is 19.0 Å². The molecular formula is C19H21NO4. The number of methoxy groups -OCH3 is 3. The van der Waals surface area contributed by atoms with Crippen molar-refractivity contribution in [2.75, 3.05) is 27.9 Å². The molecule has 2 aromatic carbocycles. The molecular weight excluding hydrogens is 306 g/mol. The highest BCUT2D eigenvalue weighted by Gasteiger charge is 2.14. The third-order valence-corrected chi connectivity index (χ3v) is 3.53. The number of hydrogen-bond acceptors (Lipinski definition) is 5. The number of benzene rings is 2. The molecule has 0 unspecified atom stereocenters. The van der Waals surface area contributed by atoms with Crippen LogP contribution >= 0.6 is 0 Å². The van der Waals surface area contributed by atoms with Gasteiger partial charge >= 0.3 is 0 Å². The Labute approximate surface area is 141 Å². The van der Waals surface area contributed by atoms with Crippen molar-refractivity contribution in [3.05, 3.63) is 59.7 Å². The topological polar surface area (TPSA) is 57.1 Å². The Morgan fingerprint density at radius 3 is 2.29 bits per heavy atom. The van der Waals surface area contributed by atoms with Crippen LogP contribution in [0.2, 0.25) is 0 Å². The van der Waals surface area contributed by atoms with E-state index in [1.54, 1.807) is 26.4 Å². The van der Waals surface area contributed by atoms with Crippen LogP contribution in [-0.2, 0) is 11.2 Å². The molecule has 0 radical (unpaired) electrons. The molecule has 0 aromatic heterocycles. The van der Waals surface area contributed by atoms with Crippen molar-refractivity contribution in [3.63, 3.8) is 0 Å². The second-order valence-corrected chi connectivity index (χ2v) is 5.03. The van der Waals surface area contributed by atoms with Crippen LogP contribution in [0, 0.1) is 0 Å². The second-order valence-electron chi connectivity index (χ2n) is 5.03. The van der Waals surface area contributed by atoms with E-state index in [4.69, 9.17) is 14.2 Å². The zero-order valence-corrected chi connectivity index (χ0v) is 14.1. The van der Waals surface area contributed by atoms with Crippen molar-refractivity contribution in [2.24, 2.45) is 4.99 Å². The van der Waals surface area contributed by atoms with Crippen LogP contribution in [0.25, 0.3) is 0 Å². The van der Waals surface area contributed by atoms with Crippen LogP contribution in [0.3, 0.4) is 0 Å².